The summed E-state index contributed by atoms with van der Waals surface area (Å²) < 4.78 is 22.4. The Kier molecular flexibility index (Phi) is 7.53. The lowest BCUT2D eigenvalue weighted by atomic mass is 10.0. The number of Topliss-reactive ketones (excluding diaryl/α,β-unsaturated/α-hetero) is 1. The number of ether oxygens (including phenoxy) is 4. The third-order valence-corrected chi connectivity index (χ3v) is 7.03. The van der Waals surface area contributed by atoms with Gasteiger partial charge in [-0.2, -0.15) is 0 Å². The molecule has 0 bridgehead atoms. The van der Waals surface area contributed by atoms with Crippen molar-refractivity contribution in [3.63, 3.8) is 0 Å². The fraction of sp³-hybridized carbons (Fsp3) is 0.300. The molecule has 0 unspecified atom stereocenters. The van der Waals surface area contributed by atoms with Gasteiger partial charge in [-0.3, -0.25) is 14.6 Å². The Bertz CT molecular complexity index is 1350. The first kappa shape index (κ1) is 25.6. The number of methoxy groups -OCH3 is 3. The maximum absolute atomic E-state index is 13.3. The van der Waals surface area contributed by atoms with E-state index in [0.29, 0.717) is 46.2 Å². The van der Waals surface area contributed by atoms with Gasteiger partial charge in [0, 0.05) is 50.9 Å². The third kappa shape index (κ3) is 5.18. The number of hydrogen-bond acceptors (Lipinski definition) is 8. The van der Waals surface area contributed by atoms with Gasteiger partial charge in [0.1, 0.15) is 17.2 Å². The highest BCUT2D eigenvalue weighted by Crippen LogP contribution is 2.42. The third-order valence-electron chi connectivity index (χ3n) is 7.03. The van der Waals surface area contributed by atoms with E-state index < -0.39 is 0 Å². The van der Waals surface area contributed by atoms with E-state index in [1.165, 1.54) is 5.56 Å². The topological polar surface area (TPSA) is 80.7 Å². The Morgan fingerprint density at radius 1 is 0.842 bits per heavy atom. The number of piperazine rings is 1. The van der Waals surface area contributed by atoms with Crippen molar-refractivity contribution < 1.29 is 28.8 Å². The second-order valence-electron chi connectivity index (χ2n) is 9.37. The molecule has 8 heteroatoms. The summed E-state index contributed by atoms with van der Waals surface area (Å²) in [6.07, 6.45) is 1.63. The number of rotatable bonds is 8. The van der Waals surface area contributed by atoms with E-state index in [9.17, 15) is 9.90 Å². The van der Waals surface area contributed by atoms with Gasteiger partial charge in [-0.25, -0.2) is 0 Å². The molecule has 0 spiro atoms. The van der Waals surface area contributed by atoms with Crippen LogP contribution in [0.5, 0.6) is 28.7 Å². The molecule has 38 heavy (non-hydrogen) atoms. The Balaban J connectivity index is 1.34. The van der Waals surface area contributed by atoms with Crippen LogP contribution in [0.1, 0.15) is 27.0 Å². The highest BCUT2D eigenvalue weighted by Gasteiger charge is 2.32. The Hall–Kier alpha value is -4.01. The van der Waals surface area contributed by atoms with Crippen LogP contribution in [0.3, 0.4) is 0 Å². The Morgan fingerprint density at radius 3 is 2.13 bits per heavy atom. The summed E-state index contributed by atoms with van der Waals surface area (Å²) in [4.78, 5) is 18.0. The summed E-state index contributed by atoms with van der Waals surface area (Å²) in [6.45, 7) is 4.98. The van der Waals surface area contributed by atoms with E-state index >= 15 is 0 Å². The lowest BCUT2D eigenvalue weighted by molar-refractivity contribution is 0.101. The molecule has 0 atom stereocenters. The summed E-state index contributed by atoms with van der Waals surface area (Å²) >= 11 is 0. The zero-order valence-corrected chi connectivity index (χ0v) is 21.9. The molecule has 0 aliphatic carbocycles. The average molecular weight is 517 g/mol. The second kappa shape index (κ2) is 11.2. The van der Waals surface area contributed by atoms with E-state index in [1.807, 2.05) is 6.07 Å². The SMILES string of the molecule is COc1cc(OC)c(OC)cc1/C=C1\Oc2c(ccc(O)c2CN2CCN(Cc3ccccc3)CC2)C1=O. The monoisotopic (exact) mass is 516 g/mol. The quantitative estimate of drug-likeness (QED) is 0.443. The van der Waals surface area contributed by atoms with Crippen LogP contribution in [0.2, 0.25) is 0 Å². The van der Waals surface area contributed by atoms with Crippen molar-refractivity contribution >= 4 is 11.9 Å². The minimum atomic E-state index is -0.245. The largest absolute Gasteiger partial charge is 0.507 e. The van der Waals surface area contributed by atoms with Crippen LogP contribution in [0.25, 0.3) is 6.08 Å². The number of fused-ring (bicyclic) bond motifs is 1. The van der Waals surface area contributed by atoms with Gasteiger partial charge >= 0.3 is 0 Å². The summed E-state index contributed by atoms with van der Waals surface area (Å²) in [6, 6.07) is 17.1. The molecule has 2 aliphatic rings. The number of phenolic OH excluding ortho intramolecular Hbond substituents is 1. The van der Waals surface area contributed by atoms with Crippen LogP contribution in [0, 0.1) is 0 Å². The molecular formula is C30H32N2O6. The molecule has 2 heterocycles. The van der Waals surface area contributed by atoms with Crippen LogP contribution in [-0.2, 0) is 13.1 Å². The van der Waals surface area contributed by atoms with Gasteiger partial charge < -0.3 is 24.1 Å². The smallest absolute Gasteiger partial charge is 0.231 e. The molecule has 0 radical (unpaired) electrons. The predicted octanol–water partition coefficient (Wildman–Crippen LogP) is 4.35. The number of benzene rings is 3. The second-order valence-corrected chi connectivity index (χ2v) is 9.37. The molecule has 0 amide bonds. The molecule has 198 valence electrons. The van der Waals surface area contributed by atoms with E-state index in [1.54, 1.807) is 51.7 Å². The number of nitrogens with zero attached hydrogens (tertiary/aromatic N) is 2. The van der Waals surface area contributed by atoms with Crippen molar-refractivity contribution in [2.75, 3.05) is 47.5 Å². The van der Waals surface area contributed by atoms with Gasteiger partial charge in [0.15, 0.2) is 17.3 Å². The number of phenols is 1. The van der Waals surface area contributed by atoms with Crippen molar-refractivity contribution in [1.29, 1.82) is 0 Å². The maximum Gasteiger partial charge on any atom is 0.231 e. The van der Waals surface area contributed by atoms with Crippen molar-refractivity contribution in [2.45, 2.75) is 13.1 Å². The highest BCUT2D eigenvalue weighted by molar-refractivity contribution is 6.15. The van der Waals surface area contributed by atoms with Crippen molar-refractivity contribution in [3.05, 3.63) is 82.6 Å². The summed E-state index contributed by atoms with van der Waals surface area (Å²) in [5.41, 5.74) is 2.97. The first-order chi connectivity index (χ1) is 18.5. The molecule has 2 aliphatic heterocycles. The molecule has 8 nitrogen and oxygen atoms in total. The van der Waals surface area contributed by atoms with Crippen molar-refractivity contribution in [3.8, 4) is 28.7 Å². The van der Waals surface area contributed by atoms with Gasteiger partial charge in [0.2, 0.25) is 5.78 Å². The molecule has 1 N–H and O–H groups in total. The summed E-state index contributed by atoms with van der Waals surface area (Å²) in [5.74, 6) is 1.98. The molecule has 1 fully saturated rings. The van der Waals surface area contributed by atoms with Crippen LogP contribution in [0.15, 0.2) is 60.4 Å². The number of ketones is 1. The van der Waals surface area contributed by atoms with Gasteiger partial charge in [0.25, 0.3) is 0 Å². The number of carbonyl (C=O) groups is 1. The van der Waals surface area contributed by atoms with Crippen LogP contribution in [0.4, 0.5) is 0 Å². The predicted molar refractivity (Wildman–Crippen MR) is 144 cm³/mol. The minimum Gasteiger partial charge on any atom is -0.507 e. The number of aromatic hydroxyl groups is 1. The molecule has 3 aromatic carbocycles. The molecule has 0 saturated carbocycles. The van der Waals surface area contributed by atoms with Crippen molar-refractivity contribution in [1.82, 2.24) is 9.80 Å². The molecule has 5 rings (SSSR count). The zero-order valence-electron chi connectivity index (χ0n) is 21.9. The fourth-order valence-corrected chi connectivity index (χ4v) is 4.93. The van der Waals surface area contributed by atoms with E-state index in [2.05, 4.69) is 34.1 Å². The van der Waals surface area contributed by atoms with Crippen LogP contribution < -0.4 is 18.9 Å². The molecular weight excluding hydrogens is 484 g/mol. The number of carbonyl (C=O) groups excluding carboxylic acids is 1. The zero-order chi connectivity index (χ0) is 26.6. The molecule has 1 saturated heterocycles. The van der Waals surface area contributed by atoms with E-state index in [4.69, 9.17) is 18.9 Å². The molecule has 0 aromatic heterocycles. The number of allylic oxidation sites excluding steroid dienone is 1. The minimum absolute atomic E-state index is 0.119. The maximum atomic E-state index is 13.3. The standard InChI is InChI=1S/C30H32N2O6/c1-35-25-17-27(37-3)26(36-2)15-21(25)16-28-29(34)22-9-10-24(33)23(30(22)38-28)19-32-13-11-31(12-14-32)18-20-7-5-4-6-8-20/h4-10,15-17,33H,11-14,18-19H2,1-3H3/b28-16-. The number of hydrogen-bond donors (Lipinski definition) is 1. The average Bonchev–Trinajstić information content (AvgIpc) is 3.26. The van der Waals surface area contributed by atoms with Gasteiger partial charge in [-0.1, -0.05) is 30.3 Å². The lowest BCUT2D eigenvalue weighted by Crippen LogP contribution is -2.45. The van der Waals surface area contributed by atoms with Crippen molar-refractivity contribution in [2.24, 2.45) is 0 Å². The Morgan fingerprint density at radius 2 is 1.47 bits per heavy atom. The van der Waals surface area contributed by atoms with E-state index in [-0.39, 0.29) is 17.3 Å². The summed E-state index contributed by atoms with van der Waals surface area (Å²) in [7, 11) is 4.64. The van der Waals surface area contributed by atoms with Gasteiger partial charge in [-0.15, -0.1) is 0 Å². The first-order valence-corrected chi connectivity index (χ1v) is 12.6. The van der Waals surface area contributed by atoms with Gasteiger partial charge in [-0.05, 0) is 29.8 Å². The summed E-state index contributed by atoms with van der Waals surface area (Å²) in [5, 5.41) is 10.7. The lowest BCUT2D eigenvalue weighted by Gasteiger charge is -2.35. The first-order valence-electron chi connectivity index (χ1n) is 12.6. The van der Waals surface area contributed by atoms with E-state index in [0.717, 1.165) is 32.7 Å². The van der Waals surface area contributed by atoms with Crippen LogP contribution >= 0.6 is 0 Å². The fourth-order valence-electron chi connectivity index (χ4n) is 4.93. The molecule has 3 aromatic rings. The van der Waals surface area contributed by atoms with Crippen LogP contribution in [-0.4, -0.2) is 68.2 Å². The normalized spacial score (nSPS) is 16.8. The highest BCUT2D eigenvalue weighted by atomic mass is 16.5. The van der Waals surface area contributed by atoms with Gasteiger partial charge in [0.05, 0.1) is 32.5 Å². The Labute approximate surface area is 222 Å².